The molecule has 0 aromatic heterocycles. The third kappa shape index (κ3) is 5.11. The predicted octanol–water partition coefficient (Wildman–Crippen LogP) is 3.61. The molecule has 8 heteroatoms. The Labute approximate surface area is 142 Å². The quantitative estimate of drug-likeness (QED) is 0.579. The van der Waals surface area contributed by atoms with Crippen LogP contribution in [0.5, 0.6) is 0 Å². The van der Waals surface area contributed by atoms with E-state index in [1.165, 1.54) is 31.0 Å². The van der Waals surface area contributed by atoms with Crippen LogP contribution in [0.4, 0.5) is 20.6 Å². The minimum Gasteiger partial charge on any atom is -0.453 e. The van der Waals surface area contributed by atoms with Gasteiger partial charge in [0.1, 0.15) is 5.82 Å². The number of nitrogen functional groups attached to an aromatic ring is 1. The summed E-state index contributed by atoms with van der Waals surface area (Å²) in [6.45, 7) is 0. The monoisotopic (exact) mass is 351 g/mol. The number of benzene rings is 2. The first-order chi connectivity index (χ1) is 11.0. The first-order valence-corrected chi connectivity index (χ1v) is 7.69. The molecule has 0 bridgehead atoms. The maximum absolute atomic E-state index is 12.9. The number of carbonyl (C=O) groups excluding carboxylic acids is 1. The van der Waals surface area contributed by atoms with Gasteiger partial charge in [0.05, 0.1) is 18.5 Å². The summed E-state index contributed by atoms with van der Waals surface area (Å²) in [7, 11) is 1.24. The molecule has 1 amide bonds. The number of halogens is 1. The molecule has 0 atom stereocenters. The lowest BCUT2D eigenvalue weighted by Gasteiger charge is -2.12. The van der Waals surface area contributed by atoms with Gasteiger partial charge in [0.2, 0.25) is 0 Å². The fourth-order valence-electron chi connectivity index (χ4n) is 1.65. The van der Waals surface area contributed by atoms with E-state index < -0.39 is 6.09 Å². The number of nitrogens with one attached hydrogen (secondary N) is 2. The number of anilines is 2. The van der Waals surface area contributed by atoms with E-state index in [0.29, 0.717) is 11.4 Å². The van der Waals surface area contributed by atoms with E-state index in [1.807, 2.05) is 6.07 Å². The first-order valence-electron chi connectivity index (χ1n) is 6.47. The fraction of sp³-hybridized carbons (Fsp3) is 0.0667. The minimum atomic E-state index is -0.662. The molecule has 0 radical (unpaired) electrons. The van der Waals surface area contributed by atoms with E-state index >= 15 is 0 Å². The Balaban J connectivity index is 2.04. The molecule has 0 fully saturated rings. The molecule has 0 spiro atoms. The standard InChI is InChI=1S/C15H14FN3O2S2/c1-21-15(20)19-14(22)18-13-7-6-11(8-12(13)17)23-10-4-2-9(16)3-5-10/h2-8H,17H2,1H3,(H2,18,19,20,22). The molecule has 0 aliphatic carbocycles. The molecule has 0 heterocycles. The second-order valence-electron chi connectivity index (χ2n) is 4.38. The van der Waals surface area contributed by atoms with E-state index in [1.54, 1.807) is 24.3 Å². The van der Waals surface area contributed by atoms with E-state index in [4.69, 9.17) is 18.0 Å². The Morgan fingerprint density at radius 1 is 1.22 bits per heavy atom. The number of ether oxygens (including phenoxy) is 1. The molecular weight excluding hydrogens is 337 g/mol. The molecule has 2 rings (SSSR count). The largest absolute Gasteiger partial charge is 0.453 e. The Kier molecular flexibility index (Phi) is 5.78. The molecule has 0 saturated carbocycles. The lowest BCUT2D eigenvalue weighted by molar-refractivity contribution is 0.177. The molecule has 0 saturated heterocycles. The third-order valence-corrected chi connectivity index (χ3v) is 3.92. The molecule has 2 aromatic rings. The van der Waals surface area contributed by atoms with E-state index in [-0.39, 0.29) is 10.9 Å². The molecule has 5 nitrogen and oxygen atoms in total. The predicted molar refractivity (Wildman–Crippen MR) is 93.1 cm³/mol. The number of carbonyl (C=O) groups is 1. The van der Waals surface area contributed by atoms with Gasteiger partial charge in [-0.2, -0.15) is 0 Å². The van der Waals surface area contributed by atoms with Crippen LogP contribution in [-0.2, 0) is 4.74 Å². The van der Waals surface area contributed by atoms with Crippen LogP contribution in [-0.4, -0.2) is 18.3 Å². The lowest BCUT2D eigenvalue weighted by Crippen LogP contribution is -2.34. The van der Waals surface area contributed by atoms with Crippen LogP contribution in [0.1, 0.15) is 0 Å². The van der Waals surface area contributed by atoms with Gasteiger partial charge in [-0.25, -0.2) is 9.18 Å². The average Bonchev–Trinajstić information content (AvgIpc) is 2.52. The van der Waals surface area contributed by atoms with Crippen molar-refractivity contribution in [3.05, 3.63) is 48.3 Å². The highest BCUT2D eigenvalue weighted by atomic mass is 32.2. The smallest absolute Gasteiger partial charge is 0.413 e. The van der Waals surface area contributed by atoms with Crippen LogP contribution >= 0.6 is 24.0 Å². The highest BCUT2D eigenvalue weighted by Gasteiger charge is 2.07. The van der Waals surface area contributed by atoms with Crippen LogP contribution in [0, 0.1) is 5.82 Å². The summed E-state index contributed by atoms with van der Waals surface area (Å²) in [6, 6.07) is 11.5. The zero-order chi connectivity index (χ0) is 16.8. The van der Waals surface area contributed by atoms with Crippen molar-refractivity contribution < 1.29 is 13.9 Å². The van der Waals surface area contributed by atoms with E-state index in [9.17, 15) is 9.18 Å². The fourth-order valence-corrected chi connectivity index (χ4v) is 2.71. The molecular formula is C15H14FN3O2S2. The summed E-state index contributed by atoms with van der Waals surface area (Å²) in [5, 5.41) is 5.22. The summed E-state index contributed by atoms with van der Waals surface area (Å²) in [5.41, 5.74) is 7.00. The number of hydrogen-bond acceptors (Lipinski definition) is 5. The van der Waals surface area contributed by atoms with Crippen molar-refractivity contribution in [2.24, 2.45) is 0 Å². The second-order valence-corrected chi connectivity index (χ2v) is 5.93. The van der Waals surface area contributed by atoms with Gasteiger partial charge in [-0.15, -0.1) is 0 Å². The molecule has 4 N–H and O–H groups in total. The second kappa shape index (κ2) is 7.80. The van der Waals surface area contributed by atoms with Gasteiger partial charge in [-0.1, -0.05) is 11.8 Å². The zero-order valence-corrected chi connectivity index (χ0v) is 13.8. The number of thiocarbonyl (C=S) groups is 1. The van der Waals surface area contributed by atoms with Crippen molar-refractivity contribution in [1.82, 2.24) is 5.32 Å². The van der Waals surface area contributed by atoms with Crippen LogP contribution < -0.4 is 16.4 Å². The van der Waals surface area contributed by atoms with E-state index in [0.717, 1.165) is 9.79 Å². The number of methoxy groups -OCH3 is 1. The maximum Gasteiger partial charge on any atom is 0.413 e. The Morgan fingerprint density at radius 3 is 2.48 bits per heavy atom. The highest BCUT2D eigenvalue weighted by Crippen LogP contribution is 2.31. The topological polar surface area (TPSA) is 76.4 Å². The molecule has 0 aliphatic rings. The van der Waals surface area contributed by atoms with Crippen molar-refractivity contribution in [3.63, 3.8) is 0 Å². The summed E-state index contributed by atoms with van der Waals surface area (Å²) in [5.74, 6) is -0.278. The summed E-state index contributed by atoms with van der Waals surface area (Å²) in [6.07, 6.45) is -0.662. The van der Waals surface area contributed by atoms with Crippen molar-refractivity contribution in [2.75, 3.05) is 18.2 Å². The Morgan fingerprint density at radius 2 is 1.87 bits per heavy atom. The normalized spacial score (nSPS) is 10.0. The minimum absolute atomic E-state index is 0.0856. The molecule has 2 aromatic carbocycles. The van der Waals surface area contributed by atoms with Crippen molar-refractivity contribution in [3.8, 4) is 0 Å². The van der Waals surface area contributed by atoms with Crippen LogP contribution in [0.15, 0.2) is 52.3 Å². The lowest BCUT2D eigenvalue weighted by atomic mass is 10.3. The number of rotatable bonds is 3. The van der Waals surface area contributed by atoms with Gasteiger partial charge in [0.15, 0.2) is 5.11 Å². The SMILES string of the molecule is COC(=O)NC(=S)Nc1ccc(Sc2ccc(F)cc2)cc1N. The highest BCUT2D eigenvalue weighted by molar-refractivity contribution is 7.99. The van der Waals surface area contributed by atoms with Crippen LogP contribution in [0.2, 0.25) is 0 Å². The Bertz CT molecular complexity index is 723. The van der Waals surface area contributed by atoms with Crippen molar-refractivity contribution in [1.29, 1.82) is 0 Å². The third-order valence-electron chi connectivity index (χ3n) is 2.72. The summed E-state index contributed by atoms with van der Waals surface area (Å²) in [4.78, 5) is 12.8. The average molecular weight is 351 g/mol. The van der Waals surface area contributed by atoms with Crippen LogP contribution in [0.3, 0.4) is 0 Å². The Hall–Kier alpha value is -2.32. The van der Waals surface area contributed by atoms with Crippen molar-refractivity contribution >= 4 is 46.6 Å². The van der Waals surface area contributed by atoms with Gasteiger partial charge < -0.3 is 15.8 Å². The zero-order valence-electron chi connectivity index (χ0n) is 12.1. The first kappa shape index (κ1) is 17.0. The molecule has 0 unspecified atom stereocenters. The van der Waals surface area contributed by atoms with Gasteiger partial charge in [0, 0.05) is 9.79 Å². The summed E-state index contributed by atoms with van der Waals surface area (Å²) >= 11 is 6.42. The summed E-state index contributed by atoms with van der Waals surface area (Å²) < 4.78 is 17.3. The van der Waals surface area contributed by atoms with Gasteiger partial charge in [-0.3, -0.25) is 5.32 Å². The number of nitrogens with two attached hydrogens (primary N) is 1. The van der Waals surface area contributed by atoms with E-state index in [2.05, 4.69) is 15.4 Å². The number of amides is 1. The number of hydrogen-bond donors (Lipinski definition) is 3. The van der Waals surface area contributed by atoms with Gasteiger partial charge >= 0.3 is 6.09 Å². The number of alkyl carbamates (subject to hydrolysis) is 1. The van der Waals surface area contributed by atoms with Crippen LogP contribution in [0.25, 0.3) is 0 Å². The van der Waals surface area contributed by atoms with Crippen molar-refractivity contribution in [2.45, 2.75) is 9.79 Å². The maximum atomic E-state index is 12.9. The van der Waals surface area contributed by atoms with Gasteiger partial charge in [-0.05, 0) is 54.7 Å². The molecule has 0 aliphatic heterocycles. The molecule has 23 heavy (non-hydrogen) atoms. The van der Waals surface area contributed by atoms with Gasteiger partial charge in [0.25, 0.3) is 0 Å². The molecule has 120 valence electrons.